The lowest BCUT2D eigenvalue weighted by atomic mass is 10.1. The van der Waals surface area contributed by atoms with Crippen molar-refractivity contribution in [2.45, 2.75) is 32.9 Å². The van der Waals surface area contributed by atoms with E-state index in [1.807, 2.05) is 0 Å². The standard InChI is InChI=1S/C12H19N3O5/c1-6(10-7(2)15-20-8(10)3)13-12(18)14-9(5-19-4)11(16)17/h6,9H,5H2,1-4H3,(H,16,17)(H2,13,14,18). The summed E-state index contributed by atoms with van der Waals surface area (Å²) in [5, 5.41) is 17.7. The molecule has 0 fully saturated rings. The number of aromatic nitrogens is 1. The zero-order valence-corrected chi connectivity index (χ0v) is 11.9. The van der Waals surface area contributed by atoms with Crippen molar-refractivity contribution in [2.24, 2.45) is 0 Å². The number of carboxylic acid groups (broad SMARTS) is 1. The molecule has 2 atom stereocenters. The third-order valence-electron chi connectivity index (χ3n) is 2.81. The first-order chi connectivity index (χ1) is 9.36. The number of hydrogen-bond donors (Lipinski definition) is 3. The van der Waals surface area contributed by atoms with Gasteiger partial charge in [-0.1, -0.05) is 5.16 Å². The van der Waals surface area contributed by atoms with Crippen molar-refractivity contribution in [1.82, 2.24) is 15.8 Å². The summed E-state index contributed by atoms with van der Waals surface area (Å²) >= 11 is 0. The number of nitrogens with one attached hydrogen (secondary N) is 2. The maximum absolute atomic E-state index is 11.8. The summed E-state index contributed by atoms with van der Waals surface area (Å²) in [4.78, 5) is 22.7. The molecular weight excluding hydrogens is 266 g/mol. The minimum Gasteiger partial charge on any atom is -0.480 e. The lowest BCUT2D eigenvalue weighted by molar-refractivity contribution is -0.140. The van der Waals surface area contributed by atoms with Crippen LogP contribution >= 0.6 is 0 Å². The molecule has 0 bridgehead atoms. The topological polar surface area (TPSA) is 114 Å². The van der Waals surface area contributed by atoms with E-state index < -0.39 is 18.0 Å². The van der Waals surface area contributed by atoms with E-state index in [1.54, 1.807) is 20.8 Å². The molecule has 0 saturated carbocycles. The van der Waals surface area contributed by atoms with E-state index in [4.69, 9.17) is 14.4 Å². The highest BCUT2D eigenvalue weighted by molar-refractivity contribution is 5.82. The van der Waals surface area contributed by atoms with E-state index in [9.17, 15) is 9.59 Å². The third kappa shape index (κ3) is 3.95. The summed E-state index contributed by atoms with van der Waals surface area (Å²) in [7, 11) is 1.36. The molecule has 0 radical (unpaired) electrons. The zero-order chi connectivity index (χ0) is 15.3. The van der Waals surface area contributed by atoms with E-state index >= 15 is 0 Å². The molecule has 8 heteroatoms. The molecule has 0 aliphatic heterocycles. The molecule has 1 aromatic rings. The highest BCUT2D eigenvalue weighted by atomic mass is 16.5. The van der Waals surface area contributed by atoms with Gasteiger partial charge in [-0.2, -0.15) is 0 Å². The number of hydrogen-bond acceptors (Lipinski definition) is 5. The number of aliphatic carboxylic acids is 1. The number of rotatable bonds is 6. The molecule has 1 rings (SSSR count). The normalized spacial score (nSPS) is 13.6. The van der Waals surface area contributed by atoms with Crippen LogP contribution in [0.5, 0.6) is 0 Å². The maximum Gasteiger partial charge on any atom is 0.328 e. The van der Waals surface area contributed by atoms with Gasteiger partial charge in [-0.25, -0.2) is 9.59 Å². The fourth-order valence-electron chi connectivity index (χ4n) is 1.92. The van der Waals surface area contributed by atoms with Crippen LogP contribution in [0.25, 0.3) is 0 Å². The number of urea groups is 1. The first-order valence-electron chi connectivity index (χ1n) is 6.08. The van der Waals surface area contributed by atoms with Gasteiger partial charge in [0.15, 0.2) is 6.04 Å². The summed E-state index contributed by atoms with van der Waals surface area (Å²) in [5.74, 6) is -0.547. The van der Waals surface area contributed by atoms with Gasteiger partial charge >= 0.3 is 12.0 Å². The third-order valence-corrected chi connectivity index (χ3v) is 2.81. The highest BCUT2D eigenvalue weighted by Crippen LogP contribution is 2.20. The number of carboxylic acids is 1. The summed E-state index contributed by atoms with van der Waals surface area (Å²) < 4.78 is 9.75. The van der Waals surface area contributed by atoms with E-state index in [0.717, 1.165) is 5.56 Å². The fraction of sp³-hybridized carbons (Fsp3) is 0.583. The van der Waals surface area contributed by atoms with Gasteiger partial charge in [0.1, 0.15) is 5.76 Å². The molecule has 1 aromatic heterocycles. The van der Waals surface area contributed by atoms with Crippen LogP contribution in [-0.4, -0.2) is 42.0 Å². The quantitative estimate of drug-likeness (QED) is 0.710. The van der Waals surface area contributed by atoms with Crippen LogP contribution in [0.4, 0.5) is 4.79 Å². The Kier molecular flexibility index (Phi) is 5.51. The van der Waals surface area contributed by atoms with Gasteiger partial charge in [-0.3, -0.25) is 0 Å². The van der Waals surface area contributed by atoms with Crippen LogP contribution in [0, 0.1) is 13.8 Å². The van der Waals surface area contributed by atoms with E-state index in [0.29, 0.717) is 11.5 Å². The van der Waals surface area contributed by atoms with Gasteiger partial charge in [0.2, 0.25) is 0 Å². The second-order valence-electron chi connectivity index (χ2n) is 4.42. The first kappa shape index (κ1) is 16.0. The van der Waals surface area contributed by atoms with Crippen molar-refractivity contribution in [3.05, 3.63) is 17.0 Å². The van der Waals surface area contributed by atoms with Crippen LogP contribution in [0.3, 0.4) is 0 Å². The minimum atomic E-state index is -1.16. The van der Waals surface area contributed by atoms with Crippen molar-refractivity contribution in [3.8, 4) is 0 Å². The first-order valence-corrected chi connectivity index (χ1v) is 6.08. The SMILES string of the molecule is COCC(NC(=O)NC(C)c1c(C)noc1C)C(=O)O. The fourth-order valence-corrected chi connectivity index (χ4v) is 1.92. The van der Waals surface area contributed by atoms with Gasteiger partial charge in [0, 0.05) is 12.7 Å². The largest absolute Gasteiger partial charge is 0.480 e. The molecule has 2 amide bonds. The van der Waals surface area contributed by atoms with E-state index in [-0.39, 0.29) is 12.6 Å². The molecule has 0 aromatic carbocycles. The Morgan fingerprint density at radius 3 is 2.50 bits per heavy atom. The molecule has 3 N–H and O–H groups in total. The number of amides is 2. The van der Waals surface area contributed by atoms with Crippen molar-refractivity contribution >= 4 is 12.0 Å². The number of ether oxygens (including phenoxy) is 1. The van der Waals surface area contributed by atoms with E-state index in [2.05, 4.69) is 15.8 Å². The Bertz CT molecular complexity index is 466. The highest BCUT2D eigenvalue weighted by Gasteiger charge is 2.22. The number of carbonyl (C=O) groups excluding carboxylic acids is 1. The molecule has 8 nitrogen and oxygen atoms in total. The van der Waals surface area contributed by atoms with Crippen molar-refractivity contribution in [2.75, 3.05) is 13.7 Å². The predicted molar refractivity (Wildman–Crippen MR) is 69.4 cm³/mol. The Hall–Kier alpha value is -2.09. The number of methoxy groups -OCH3 is 1. The molecular formula is C12H19N3O5. The maximum atomic E-state index is 11.8. The molecule has 0 aliphatic rings. The second kappa shape index (κ2) is 6.90. The Morgan fingerprint density at radius 1 is 1.40 bits per heavy atom. The van der Waals surface area contributed by atoms with Crippen molar-refractivity contribution in [1.29, 1.82) is 0 Å². The van der Waals surface area contributed by atoms with Crippen molar-refractivity contribution in [3.63, 3.8) is 0 Å². The lowest BCUT2D eigenvalue weighted by Gasteiger charge is -2.17. The van der Waals surface area contributed by atoms with Gasteiger partial charge in [-0.15, -0.1) is 0 Å². The van der Waals surface area contributed by atoms with Crippen LogP contribution in [0.15, 0.2) is 4.52 Å². The number of aryl methyl sites for hydroxylation is 2. The minimum absolute atomic E-state index is 0.109. The van der Waals surface area contributed by atoms with Crippen molar-refractivity contribution < 1.29 is 24.0 Å². The summed E-state index contributed by atoms with van der Waals surface area (Å²) in [6.45, 7) is 5.17. The van der Waals surface area contributed by atoms with Gasteiger partial charge in [-0.05, 0) is 20.8 Å². The molecule has 20 heavy (non-hydrogen) atoms. The van der Waals surface area contributed by atoms with Gasteiger partial charge in [0.05, 0.1) is 18.3 Å². The molecule has 0 aliphatic carbocycles. The van der Waals surface area contributed by atoms with Crippen LogP contribution < -0.4 is 10.6 Å². The smallest absolute Gasteiger partial charge is 0.328 e. The summed E-state index contributed by atoms with van der Waals surface area (Å²) in [6, 6.07) is -2.04. The predicted octanol–water partition coefficient (Wildman–Crippen LogP) is 0.751. The van der Waals surface area contributed by atoms with Crippen LogP contribution in [-0.2, 0) is 9.53 Å². The average molecular weight is 285 g/mol. The molecule has 112 valence electrons. The molecule has 1 heterocycles. The zero-order valence-electron chi connectivity index (χ0n) is 11.9. The summed E-state index contributed by atoms with van der Waals surface area (Å²) in [5.41, 5.74) is 1.46. The summed E-state index contributed by atoms with van der Waals surface area (Å²) in [6.07, 6.45) is 0. The average Bonchev–Trinajstić information content (AvgIpc) is 2.68. The lowest BCUT2D eigenvalue weighted by Crippen LogP contribution is -2.48. The van der Waals surface area contributed by atoms with Crippen LogP contribution in [0.1, 0.15) is 30.0 Å². The molecule has 0 spiro atoms. The number of carbonyl (C=O) groups is 2. The molecule has 2 unspecified atom stereocenters. The van der Waals surface area contributed by atoms with Gasteiger partial charge < -0.3 is 25.0 Å². The Labute approximate surface area is 116 Å². The van der Waals surface area contributed by atoms with E-state index in [1.165, 1.54) is 7.11 Å². The monoisotopic (exact) mass is 285 g/mol. The Morgan fingerprint density at radius 2 is 2.05 bits per heavy atom. The Balaban J connectivity index is 2.64. The molecule has 0 saturated heterocycles. The van der Waals surface area contributed by atoms with Gasteiger partial charge in [0.25, 0.3) is 0 Å². The number of nitrogens with zero attached hydrogens (tertiary/aromatic N) is 1. The second-order valence-corrected chi connectivity index (χ2v) is 4.42. The van der Waals surface area contributed by atoms with Crippen LogP contribution in [0.2, 0.25) is 0 Å².